The minimum Gasteiger partial charge on any atom is -0.343 e. The quantitative estimate of drug-likeness (QED) is 0.789. The van der Waals surface area contributed by atoms with Crippen LogP contribution < -0.4 is 5.32 Å². The van der Waals surface area contributed by atoms with Gasteiger partial charge in [-0.05, 0) is 38.0 Å². The van der Waals surface area contributed by atoms with E-state index in [2.05, 4.69) is 12.2 Å². The normalized spacial score (nSPS) is 29.9. The van der Waals surface area contributed by atoms with Gasteiger partial charge in [-0.3, -0.25) is 4.79 Å². The summed E-state index contributed by atoms with van der Waals surface area (Å²) in [4.78, 5) is 13.9. The average molecular weight is 224 g/mol. The Morgan fingerprint density at radius 2 is 1.94 bits per heavy atom. The first kappa shape index (κ1) is 11.9. The van der Waals surface area contributed by atoms with Gasteiger partial charge in [0.15, 0.2) is 0 Å². The molecule has 2 rings (SSSR count). The minimum absolute atomic E-state index is 0.347. The standard InChI is InChI=1S/C13H24N2O/c1-11-9-12(10-11)14-6-5-13(16)15-7-3-2-4-8-15/h11-12,14H,2-10H2,1H3. The minimum atomic E-state index is 0.347. The van der Waals surface area contributed by atoms with Crippen molar-refractivity contribution < 1.29 is 4.79 Å². The molecule has 1 N–H and O–H groups in total. The third kappa shape index (κ3) is 3.21. The van der Waals surface area contributed by atoms with E-state index >= 15 is 0 Å². The van der Waals surface area contributed by atoms with Crippen molar-refractivity contribution in [1.82, 2.24) is 10.2 Å². The van der Waals surface area contributed by atoms with Crippen LogP contribution in [0.3, 0.4) is 0 Å². The van der Waals surface area contributed by atoms with Gasteiger partial charge in [0.05, 0.1) is 0 Å². The molecule has 0 aromatic carbocycles. The fourth-order valence-corrected chi connectivity index (χ4v) is 2.75. The van der Waals surface area contributed by atoms with Gasteiger partial charge in [-0.25, -0.2) is 0 Å². The van der Waals surface area contributed by atoms with Gasteiger partial charge >= 0.3 is 0 Å². The van der Waals surface area contributed by atoms with E-state index in [0.717, 1.165) is 25.6 Å². The highest BCUT2D eigenvalue weighted by Crippen LogP contribution is 2.26. The second-order valence-corrected chi connectivity index (χ2v) is 5.42. The van der Waals surface area contributed by atoms with Crippen LogP contribution in [0.5, 0.6) is 0 Å². The maximum atomic E-state index is 11.8. The van der Waals surface area contributed by atoms with Crippen molar-refractivity contribution >= 4 is 5.91 Å². The number of rotatable bonds is 4. The fraction of sp³-hybridized carbons (Fsp3) is 0.923. The molecule has 0 aromatic rings. The molecule has 1 aliphatic carbocycles. The Kier molecular flexibility index (Phi) is 4.22. The predicted molar refractivity (Wildman–Crippen MR) is 65.2 cm³/mol. The van der Waals surface area contributed by atoms with Crippen LogP contribution in [-0.2, 0) is 4.79 Å². The molecule has 0 radical (unpaired) electrons. The summed E-state index contributed by atoms with van der Waals surface area (Å²) in [6.07, 6.45) is 6.95. The highest BCUT2D eigenvalue weighted by Gasteiger charge is 2.24. The lowest BCUT2D eigenvalue weighted by Gasteiger charge is -2.33. The highest BCUT2D eigenvalue weighted by atomic mass is 16.2. The molecular weight excluding hydrogens is 200 g/mol. The monoisotopic (exact) mass is 224 g/mol. The molecule has 2 fully saturated rings. The van der Waals surface area contributed by atoms with Gasteiger partial charge in [-0.15, -0.1) is 0 Å². The molecule has 0 spiro atoms. The van der Waals surface area contributed by atoms with E-state index < -0.39 is 0 Å². The zero-order chi connectivity index (χ0) is 11.4. The Balaban J connectivity index is 1.56. The lowest BCUT2D eigenvalue weighted by Crippen LogP contribution is -2.42. The summed E-state index contributed by atoms with van der Waals surface area (Å²) in [7, 11) is 0. The van der Waals surface area contributed by atoms with Crippen LogP contribution in [0, 0.1) is 5.92 Å². The van der Waals surface area contributed by atoms with E-state index in [1.807, 2.05) is 4.90 Å². The van der Waals surface area contributed by atoms with Crippen molar-refractivity contribution in [2.75, 3.05) is 19.6 Å². The van der Waals surface area contributed by atoms with Crippen LogP contribution in [0.25, 0.3) is 0 Å². The summed E-state index contributed by atoms with van der Waals surface area (Å²) in [5.74, 6) is 1.23. The lowest BCUT2D eigenvalue weighted by molar-refractivity contribution is -0.132. The largest absolute Gasteiger partial charge is 0.343 e. The maximum Gasteiger partial charge on any atom is 0.223 e. The van der Waals surface area contributed by atoms with E-state index in [1.165, 1.54) is 32.1 Å². The van der Waals surface area contributed by atoms with Crippen LogP contribution in [0.1, 0.15) is 45.4 Å². The molecule has 0 unspecified atom stereocenters. The Morgan fingerprint density at radius 3 is 2.56 bits per heavy atom. The molecule has 1 aliphatic heterocycles. The molecule has 1 saturated carbocycles. The molecule has 0 aromatic heterocycles. The number of nitrogens with zero attached hydrogens (tertiary/aromatic N) is 1. The number of nitrogens with one attached hydrogen (secondary N) is 1. The molecule has 1 amide bonds. The number of likely N-dealkylation sites (tertiary alicyclic amines) is 1. The predicted octanol–water partition coefficient (Wildman–Crippen LogP) is 1.78. The van der Waals surface area contributed by atoms with Gasteiger partial charge in [0.25, 0.3) is 0 Å². The number of piperidine rings is 1. The Morgan fingerprint density at radius 1 is 1.25 bits per heavy atom. The van der Waals surface area contributed by atoms with Crippen LogP contribution in [0.15, 0.2) is 0 Å². The van der Waals surface area contributed by atoms with Crippen LogP contribution >= 0.6 is 0 Å². The first-order chi connectivity index (χ1) is 7.75. The van der Waals surface area contributed by atoms with E-state index in [-0.39, 0.29) is 0 Å². The number of hydrogen-bond donors (Lipinski definition) is 1. The van der Waals surface area contributed by atoms with Gasteiger partial charge in [0.1, 0.15) is 0 Å². The number of amides is 1. The number of carbonyl (C=O) groups excluding carboxylic acids is 1. The van der Waals surface area contributed by atoms with Crippen molar-refractivity contribution in [3.05, 3.63) is 0 Å². The molecule has 0 bridgehead atoms. The Labute approximate surface area is 98.6 Å². The summed E-state index contributed by atoms with van der Waals surface area (Å²) in [5, 5.41) is 3.47. The molecular formula is C13H24N2O. The highest BCUT2D eigenvalue weighted by molar-refractivity contribution is 5.76. The van der Waals surface area contributed by atoms with E-state index in [9.17, 15) is 4.79 Å². The Hall–Kier alpha value is -0.570. The van der Waals surface area contributed by atoms with Crippen LogP contribution in [-0.4, -0.2) is 36.5 Å². The summed E-state index contributed by atoms with van der Waals surface area (Å²) in [6.45, 7) is 5.13. The van der Waals surface area contributed by atoms with Crippen molar-refractivity contribution in [3.8, 4) is 0 Å². The molecule has 1 saturated heterocycles. The van der Waals surface area contributed by atoms with Crippen LogP contribution in [0.2, 0.25) is 0 Å². The van der Waals surface area contributed by atoms with Crippen molar-refractivity contribution in [2.45, 2.75) is 51.5 Å². The second kappa shape index (κ2) is 5.67. The summed E-state index contributed by atoms with van der Waals surface area (Å²) < 4.78 is 0. The first-order valence-corrected chi connectivity index (χ1v) is 6.77. The van der Waals surface area contributed by atoms with Crippen molar-refractivity contribution in [3.63, 3.8) is 0 Å². The molecule has 0 atom stereocenters. The maximum absolute atomic E-state index is 11.8. The smallest absolute Gasteiger partial charge is 0.223 e. The lowest BCUT2D eigenvalue weighted by atomic mass is 9.82. The molecule has 1 heterocycles. The Bertz CT molecular complexity index is 230. The topological polar surface area (TPSA) is 32.3 Å². The molecule has 3 heteroatoms. The summed E-state index contributed by atoms with van der Waals surface area (Å²) in [6, 6.07) is 0.684. The number of hydrogen-bond acceptors (Lipinski definition) is 2. The van der Waals surface area contributed by atoms with Crippen molar-refractivity contribution in [1.29, 1.82) is 0 Å². The second-order valence-electron chi connectivity index (χ2n) is 5.42. The summed E-state index contributed by atoms with van der Waals surface area (Å²) in [5.41, 5.74) is 0. The van der Waals surface area contributed by atoms with Gasteiger partial charge in [0, 0.05) is 32.1 Å². The molecule has 92 valence electrons. The fourth-order valence-electron chi connectivity index (χ4n) is 2.75. The third-order valence-electron chi connectivity index (χ3n) is 3.85. The summed E-state index contributed by atoms with van der Waals surface area (Å²) >= 11 is 0. The van der Waals surface area contributed by atoms with E-state index in [0.29, 0.717) is 18.4 Å². The zero-order valence-electron chi connectivity index (χ0n) is 10.4. The molecule has 3 nitrogen and oxygen atoms in total. The number of carbonyl (C=O) groups is 1. The van der Waals surface area contributed by atoms with Gasteiger partial charge in [-0.2, -0.15) is 0 Å². The van der Waals surface area contributed by atoms with Gasteiger partial charge in [-0.1, -0.05) is 6.92 Å². The zero-order valence-corrected chi connectivity index (χ0v) is 10.4. The molecule has 2 aliphatic rings. The van der Waals surface area contributed by atoms with E-state index in [1.54, 1.807) is 0 Å². The SMILES string of the molecule is CC1CC(NCCC(=O)N2CCCCC2)C1. The van der Waals surface area contributed by atoms with Gasteiger partial charge in [0.2, 0.25) is 5.91 Å². The first-order valence-electron chi connectivity index (χ1n) is 6.77. The van der Waals surface area contributed by atoms with E-state index in [4.69, 9.17) is 0 Å². The third-order valence-corrected chi connectivity index (χ3v) is 3.85. The molecule has 16 heavy (non-hydrogen) atoms. The van der Waals surface area contributed by atoms with Gasteiger partial charge < -0.3 is 10.2 Å². The average Bonchev–Trinajstić information content (AvgIpc) is 2.27. The van der Waals surface area contributed by atoms with Crippen molar-refractivity contribution in [2.24, 2.45) is 5.92 Å². The van der Waals surface area contributed by atoms with Crippen LogP contribution in [0.4, 0.5) is 0 Å².